The van der Waals surface area contributed by atoms with Crippen molar-refractivity contribution in [3.8, 4) is 0 Å². The third kappa shape index (κ3) is 2.85. The maximum absolute atomic E-state index is 12.4. The van der Waals surface area contributed by atoms with E-state index in [1.165, 1.54) is 11.8 Å². The Morgan fingerprint density at radius 2 is 1.82 bits per heavy atom. The molecule has 7 nitrogen and oxygen atoms in total. The molecule has 28 heavy (non-hydrogen) atoms. The van der Waals surface area contributed by atoms with Gasteiger partial charge in [0.15, 0.2) is 0 Å². The highest BCUT2D eigenvalue weighted by Gasteiger charge is 2.56. The number of carboxylic acid groups (broad SMARTS) is 1. The zero-order valence-corrected chi connectivity index (χ0v) is 16.2. The second-order valence-electron chi connectivity index (χ2n) is 6.79. The van der Waals surface area contributed by atoms with E-state index in [2.05, 4.69) is 15.4 Å². The maximum atomic E-state index is 12.4. The summed E-state index contributed by atoms with van der Waals surface area (Å²) in [6.45, 7) is 1.99. The molecular weight excluding hydrogens is 376 g/mol. The molecule has 0 saturated heterocycles. The minimum Gasteiger partial charge on any atom is -0.478 e. The van der Waals surface area contributed by atoms with Gasteiger partial charge in [-0.3, -0.25) is 0 Å². The molecule has 3 aromatic rings. The number of anilines is 1. The van der Waals surface area contributed by atoms with Crippen LogP contribution in [-0.2, 0) is 10.5 Å². The summed E-state index contributed by atoms with van der Waals surface area (Å²) in [6, 6.07) is 16.4. The maximum Gasteiger partial charge on any atom is 0.360 e. The van der Waals surface area contributed by atoms with Crippen LogP contribution in [0.3, 0.4) is 0 Å². The number of nitrogens with zero attached hydrogens (tertiary/aromatic N) is 3. The Labute approximate surface area is 166 Å². The van der Waals surface area contributed by atoms with Gasteiger partial charge >= 0.3 is 5.97 Å². The van der Waals surface area contributed by atoms with Crippen LogP contribution in [0.5, 0.6) is 0 Å². The molecule has 4 rings (SSSR count). The Morgan fingerprint density at radius 1 is 1.14 bits per heavy atom. The Kier molecular flexibility index (Phi) is 4.60. The minimum atomic E-state index is -2.29. The number of aliphatic carboxylic acids is 1. The summed E-state index contributed by atoms with van der Waals surface area (Å²) < 4.78 is 1.09. The monoisotopic (exact) mass is 396 g/mol. The summed E-state index contributed by atoms with van der Waals surface area (Å²) in [4.78, 5) is 16.7. The number of aliphatic hydroxyl groups is 1. The van der Waals surface area contributed by atoms with Crippen molar-refractivity contribution in [2.75, 3.05) is 11.6 Å². The molecule has 1 unspecified atom stereocenters. The van der Waals surface area contributed by atoms with Crippen LogP contribution in [-0.4, -0.2) is 37.2 Å². The van der Waals surface area contributed by atoms with E-state index in [0.717, 1.165) is 15.8 Å². The largest absolute Gasteiger partial charge is 0.478 e. The number of rotatable bonds is 4. The normalized spacial score (nSPS) is 23.7. The van der Waals surface area contributed by atoms with Crippen LogP contribution in [0.1, 0.15) is 28.7 Å². The van der Waals surface area contributed by atoms with Crippen molar-refractivity contribution >= 4 is 23.7 Å². The van der Waals surface area contributed by atoms with Gasteiger partial charge in [-0.1, -0.05) is 71.9 Å². The first kappa shape index (κ1) is 18.5. The summed E-state index contributed by atoms with van der Waals surface area (Å²) in [6.07, 6.45) is 1.80. The fourth-order valence-electron chi connectivity index (χ4n) is 3.66. The van der Waals surface area contributed by atoms with Crippen molar-refractivity contribution in [1.29, 1.82) is 0 Å². The van der Waals surface area contributed by atoms with E-state index in [0.29, 0.717) is 10.7 Å². The second kappa shape index (κ2) is 6.96. The summed E-state index contributed by atoms with van der Waals surface area (Å²) >= 11 is 1.28. The van der Waals surface area contributed by atoms with Crippen molar-refractivity contribution < 1.29 is 15.0 Å². The highest BCUT2D eigenvalue weighted by Crippen LogP contribution is 2.48. The van der Waals surface area contributed by atoms with E-state index < -0.39 is 23.7 Å². The Hall–Kier alpha value is -2.84. The van der Waals surface area contributed by atoms with Crippen LogP contribution in [0, 0.1) is 6.92 Å². The number of hydrogen-bond donors (Lipinski definition) is 3. The fourth-order valence-corrected chi connectivity index (χ4v) is 4.00. The summed E-state index contributed by atoms with van der Waals surface area (Å²) in [5, 5.41) is 29.5. The highest BCUT2D eigenvalue weighted by molar-refractivity contribution is 7.98. The number of carbonyl (C=O) groups is 1. The fraction of sp³-hybridized carbons (Fsp3) is 0.250. The van der Waals surface area contributed by atoms with Gasteiger partial charge in [0, 0.05) is 0 Å². The smallest absolute Gasteiger partial charge is 0.360 e. The zero-order valence-electron chi connectivity index (χ0n) is 15.4. The molecule has 0 bridgehead atoms. The number of aromatic nitrogens is 3. The molecule has 0 saturated carbocycles. The van der Waals surface area contributed by atoms with Gasteiger partial charge in [0.25, 0.3) is 5.72 Å². The van der Waals surface area contributed by atoms with E-state index in [1.54, 1.807) is 6.26 Å². The second-order valence-corrected chi connectivity index (χ2v) is 7.56. The van der Waals surface area contributed by atoms with Crippen molar-refractivity contribution in [3.05, 3.63) is 71.3 Å². The third-order valence-electron chi connectivity index (χ3n) is 5.05. The van der Waals surface area contributed by atoms with Crippen LogP contribution in [0.4, 0.5) is 5.95 Å². The highest BCUT2D eigenvalue weighted by atomic mass is 32.2. The standard InChI is InChI=1S/C20H20N4O3S/c1-12-8-10-14(11-9-12)16-15(13-6-4-3-5-7-13)20(27,17(25)26)24-18(21-16)22-19(23-24)28-2/h3-11,15-16,27H,1-2H3,(H,25,26)(H,21,22,23)/t15-,16-,20?/m1/s1. The SMILES string of the molecule is CSc1nc2n(n1)C(O)(C(=O)O)[C@H](c1ccccc1)[C@@H](c1ccc(C)cc1)N2. The number of aryl methyl sites for hydroxylation is 1. The molecule has 8 heteroatoms. The van der Waals surface area contributed by atoms with Gasteiger partial charge in [-0.25, -0.2) is 4.79 Å². The van der Waals surface area contributed by atoms with E-state index >= 15 is 0 Å². The van der Waals surface area contributed by atoms with E-state index in [9.17, 15) is 15.0 Å². The molecule has 3 atom stereocenters. The van der Waals surface area contributed by atoms with Crippen LogP contribution in [0.2, 0.25) is 0 Å². The number of hydrogen-bond acceptors (Lipinski definition) is 6. The summed E-state index contributed by atoms with van der Waals surface area (Å²) in [5.74, 6) is -1.97. The molecule has 1 aromatic heterocycles. The number of nitrogens with one attached hydrogen (secondary N) is 1. The Bertz CT molecular complexity index is 1010. The first-order valence-electron chi connectivity index (χ1n) is 8.80. The van der Waals surface area contributed by atoms with Crippen LogP contribution in [0.25, 0.3) is 0 Å². The molecule has 144 valence electrons. The van der Waals surface area contributed by atoms with Crippen LogP contribution < -0.4 is 5.32 Å². The number of fused-ring (bicyclic) bond motifs is 1. The van der Waals surface area contributed by atoms with Crippen LogP contribution in [0.15, 0.2) is 59.8 Å². The number of thioether (sulfide) groups is 1. The van der Waals surface area contributed by atoms with Crippen molar-refractivity contribution in [2.24, 2.45) is 0 Å². The molecular formula is C20H20N4O3S. The van der Waals surface area contributed by atoms with E-state index in [4.69, 9.17) is 0 Å². The van der Waals surface area contributed by atoms with Crippen molar-refractivity contribution in [3.63, 3.8) is 0 Å². The average molecular weight is 396 g/mol. The average Bonchev–Trinajstić information content (AvgIpc) is 3.13. The molecule has 3 N–H and O–H groups in total. The predicted octanol–water partition coefficient (Wildman–Crippen LogP) is 2.99. The zero-order chi connectivity index (χ0) is 19.9. The minimum absolute atomic E-state index is 0.229. The number of benzene rings is 2. The summed E-state index contributed by atoms with van der Waals surface area (Å²) in [7, 11) is 0. The lowest BCUT2D eigenvalue weighted by atomic mass is 9.78. The van der Waals surface area contributed by atoms with Gasteiger partial charge in [-0.05, 0) is 24.3 Å². The van der Waals surface area contributed by atoms with Crippen LogP contribution >= 0.6 is 11.8 Å². The van der Waals surface area contributed by atoms with Gasteiger partial charge in [-0.15, -0.1) is 5.10 Å². The molecule has 2 heterocycles. The molecule has 0 aliphatic carbocycles. The predicted molar refractivity (Wildman–Crippen MR) is 106 cm³/mol. The molecule has 1 aliphatic heterocycles. The van der Waals surface area contributed by atoms with E-state index in [1.807, 2.05) is 61.5 Å². The molecule has 1 aliphatic rings. The topological polar surface area (TPSA) is 100 Å². The lowest BCUT2D eigenvalue weighted by Crippen LogP contribution is -2.54. The third-order valence-corrected chi connectivity index (χ3v) is 5.59. The first-order chi connectivity index (χ1) is 13.4. The molecule has 2 aromatic carbocycles. The lowest BCUT2D eigenvalue weighted by molar-refractivity contribution is -0.179. The molecule has 0 spiro atoms. The molecule has 0 amide bonds. The Morgan fingerprint density at radius 3 is 2.43 bits per heavy atom. The van der Waals surface area contributed by atoms with Crippen molar-refractivity contribution in [2.45, 2.75) is 29.8 Å². The van der Waals surface area contributed by atoms with Gasteiger partial charge in [0.05, 0.1) is 12.0 Å². The Balaban J connectivity index is 1.96. The first-order valence-corrected chi connectivity index (χ1v) is 10.0. The van der Waals surface area contributed by atoms with E-state index in [-0.39, 0.29) is 5.95 Å². The lowest BCUT2D eigenvalue weighted by Gasteiger charge is -2.42. The van der Waals surface area contributed by atoms with Gasteiger partial charge < -0.3 is 15.5 Å². The summed E-state index contributed by atoms with van der Waals surface area (Å²) in [5.41, 5.74) is 0.354. The number of carboxylic acids is 1. The quantitative estimate of drug-likeness (QED) is 0.583. The molecule has 0 radical (unpaired) electrons. The van der Waals surface area contributed by atoms with Gasteiger partial charge in [0.1, 0.15) is 0 Å². The van der Waals surface area contributed by atoms with Gasteiger partial charge in [0.2, 0.25) is 11.1 Å². The molecule has 0 fully saturated rings. The van der Waals surface area contributed by atoms with Crippen molar-refractivity contribution in [1.82, 2.24) is 14.8 Å². The van der Waals surface area contributed by atoms with Gasteiger partial charge in [-0.2, -0.15) is 9.67 Å².